The summed E-state index contributed by atoms with van der Waals surface area (Å²) in [5.74, 6) is -0.697. The van der Waals surface area contributed by atoms with Crippen molar-refractivity contribution < 1.29 is 14.3 Å². The van der Waals surface area contributed by atoms with Crippen LogP contribution in [0.3, 0.4) is 0 Å². The lowest BCUT2D eigenvalue weighted by Gasteiger charge is -2.13. The van der Waals surface area contributed by atoms with Gasteiger partial charge in [-0.25, -0.2) is 4.79 Å². The number of unbranched alkanes of at least 4 members (excludes halogenated alkanes) is 5. The molecular formula is C26H30N2O3. The molecule has 0 fully saturated rings. The van der Waals surface area contributed by atoms with E-state index in [0.717, 1.165) is 35.7 Å². The molecule has 162 valence electrons. The lowest BCUT2D eigenvalue weighted by atomic mass is 9.97. The quantitative estimate of drug-likeness (QED) is 0.315. The average Bonchev–Trinajstić information content (AvgIpc) is 2.81. The Morgan fingerprint density at radius 1 is 0.968 bits per heavy atom. The molecule has 0 radical (unpaired) electrons. The van der Waals surface area contributed by atoms with Crippen LogP contribution in [0.25, 0.3) is 10.9 Å². The van der Waals surface area contributed by atoms with Crippen LogP contribution in [0.15, 0.2) is 54.7 Å². The molecule has 1 heterocycles. The van der Waals surface area contributed by atoms with Gasteiger partial charge in [0.05, 0.1) is 23.9 Å². The van der Waals surface area contributed by atoms with Crippen LogP contribution in [-0.2, 0) is 11.2 Å². The van der Waals surface area contributed by atoms with Crippen molar-refractivity contribution in [2.75, 3.05) is 12.4 Å². The minimum atomic E-state index is -0.452. The third kappa shape index (κ3) is 5.91. The molecule has 0 bridgehead atoms. The van der Waals surface area contributed by atoms with E-state index in [1.165, 1.54) is 32.8 Å². The second-order valence-corrected chi connectivity index (χ2v) is 7.72. The number of fused-ring (bicyclic) bond motifs is 1. The van der Waals surface area contributed by atoms with Gasteiger partial charge in [0.2, 0.25) is 0 Å². The Kier molecular flexibility index (Phi) is 8.16. The number of para-hydroxylation sites is 1. The van der Waals surface area contributed by atoms with Gasteiger partial charge in [-0.2, -0.15) is 0 Å². The highest BCUT2D eigenvalue weighted by Crippen LogP contribution is 2.23. The molecule has 0 aliphatic heterocycles. The fraction of sp³-hybridized carbons (Fsp3) is 0.346. The van der Waals surface area contributed by atoms with Gasteiger partial charge in [-0.3, -0.25) is 9.78 Å². The van der Waals surface area contributed by atoms with Crippen molar-refractivity contribution in [3.8, 4) is 0 Å². The van der Waals surface area contributed by atoms with Gasteiger partial charge in [0.15, 0.2) is 0 Å². The lowest BCUT2D eigenvalue weighted by Crippen LogP contribution is -2.16. The average molecular weight is 419 g/mol. The summed E-state index contributed by atoms with van der Waals surface area (Å²) in [6.45, 7) is 2.21. The van der Waals surface area contributed by atoms with Gasteiger partial charge in [-0.1, -0.05) is 63.3 Å². The zero-order valence-corrected chi connectivity index (χ0v) is 18.3. The smallest absolute Gasteiger partial charge is 0.337 e. The first-order valence-corrected chi connectivity index (χ1v) is 11.0. The first-order chi connectivity index (χ1) is 15.1. The molecule has 0 aliphatic carbocycles. The maximum Gasteiger partial charge on any atom is 0.337 e. The van der Waals surface area contributed by atoms with Crippen LogP contribution in [-0.4, -0.2) is 24.0 Å². The molecule has 0 atom stereocenters. The predicted molar refractivity (Wildman–Crippen MR) is 125 cm³/mol. The highest BCUT2D eigenvalue weighted by Gasteiger charge is 2.17. The number of esters is 1. The number of ether oxygens (including phenoxy) is 1. The van der Waals surface area contributed by atoms with Crippen LogP contribution in [0, 0.1) is 0 Å². The van der Waals surface area contributed by atoms with Gasteiger partial charge >= 0.3 is 5.97 Å². The molecule has 3 rings (SSSR count). The van der Waals surface area contributed by atoms with E-state index in [0.29, 0.717) is 16.8 Å². The van der Waals surface area contributed by atoms with E-state index in [-0.39, 0.29) is 5.91 Å². The van der Waals surface area contributed by atoms with E-state index in [2.05, 4.69) is 17.2 Å². The first-order valence-electron chi connectivity index (χ1n) is 11.0. The molecule has 0 aliphatic rings. The van der Waals surface area contributed by atoms with Crippen molar-refractivity contribution in [3.05, 3.63) is 71.4 Å². The highest BCUT2D eigenvalue weighted by atomic mass is 16.5. The number of benzene rings is 2. The third-order valence-corrected chi connectivity index (χ3v) is 5.46. The van der Waals surface area contributed by atoms with Crippen molar-refractivity contribution in [3.63, 3.8) is 0 Å². The number of aromatic nitrogens is 1. The molecule has 0 saturated heterocycles. The lowest BCUT2D eigenvalue weighted by molar-refractivity contribution is 0.0600. The zero-order valence-electron chi connectivity index (χ0n) is 18.3. The maximum atomic E-state index is 13.2. The number of rotatable bonds is 10. The number of anilines is 1. The Labute approximate surface area is 183 Å². The molecule has 3 aromatic rings. The van der Waals surface area contributed by atoms with E-state index in [1.807, 2.05) is 36.4 Å². The van der Waals surface area contributed by atoms with Gasteiger partial charge in [-0.15, -0.1) is 0 Å². The standard InChI is InChI=1S/C26H30N2O3/c1-3-4-5-6-7-8-11-19-15-16-21(26(30)31-2)18-22(19)25(29)28-23-14-9-12-20-13-10-17-27-24(20)23/h9-10,12-18H,3-8,11H2,1-2H3,(H,28,29). The highest BCUT2D eigenvalue weighted by molar-refractivity contribution is 6.10. The summed E-state index contributed by atoms with van der Waals surface area (Å²) in [5, 5.41) is 3.95. The van der Waals surface area contributed by atoms with E-state index < -0.39 is 5.97 Å². The van der Waals surface area contributed by atoms with Crippen LogP contribution >= 0.6 is 0 Å². The number of carbonyl (C=O) groups is 2. The van der Waals surface area contributed by atoms with E-state index >= 15 is 0 Å². The molecule has 0 saturated carbocycles. The molecular weight excluding hydrogens is 388 g/mol. The number of aryl methyl sites for hydroxylation is 1. The molecule has 1 aromatic heterocycles. The third-order valence-electron chi connectivity index (χ3n) is 5.46. The molecule has 0 spiro atoms. The summed E-state index contributed by atoms with van der Waals surface area (Å²) < 4.78 is 4.84. The van der Waals surface area contributed by atoms with E-state index in [9.17, 15) is 9.59 Å². The molecule has 0 unspecified atom stereocenters. The Morgan fingerprint density at radius 3 is 2.55 bits per heavy atom. The van der Waals surface area contributed by atoms with Crippen LogP contribution in [0.5, 0.6) is 0 Å². The molecule has 1 amide bonds. The van der Waals surface area contributed by atoms with Gasteiger partial charge in [0.25, 0.3) is 5.91 Å². The summed E-state index contributed by atoms with van der Waals surface area (Å²) in [6, 6.07) is 14.7. The maximum absolute atomic E-state index is 13.2. The number of pyridine rings is 1. The second-order valence-electron chi connectivity index (χ2n) is 7.72. The number of nitrogens with one attached hydrogen (secondary N) is 1. The van der Waals surface area contributed by atoms with E-state index in [4.69, 9.17) is 4.74 Å². The van der Waals surface area contributed by atoms with Crippen molar-refractivity contribution in [1.29, 1.82) is 0 Å². The topological polar surface area (TPSA) is 68.3 Å². The van der Waals surface area contributed by atoms with Crippen molar-refractivity contribution in [2.45, 2.75) is 51.9 Å². The van der Waals surface area contributed by atoms with Crippen LogP contribution in [0.4, 0.5) is 5.69 Å². The van der Waals surface area contributed by atoms with Crippen LogP contribution in [0.1, 0.15) is 71.7 Å². The summed E-state index contributed by atoms with van der Waals surface area (Å²) >= 11 is 0. The van der Waals surface area contributed by atoms with Crippen molar-refractivity contribution in [1.82, 2.24) is 4.98 Å². The Morgan fingerprint density at radius 2 is 1.74 bits per heavy atom. The minimum Gasteiger partial charge on any atom is -0.465 e. The normalized spacial score (nSPS) is 10.8. The number of hydrogen-bond acceptors (Lipinski definition) is 4. The van der Waals surface area contributed by atoms with E-state index in [1.54, 1.807) is 18.3 Å². The first kappa shape index (κ1) is 22.5. The number of methoxy groups -OCH3 is 1. The number of hydrogen-bond donors (Lipinski definition) is 1. The van der Waals surface area contributed by atoms with Gasteiger partial charge in [-0.05, 0) is 42.7 Å². The Hall–Kier alpha value is -3.21. The Bertz CT molecular complexity index is 1040. The van der Waals surface area contributed by atoms with Crippen LogP contribution < -0.4 is 5.32 Å². The summed E-state index contributed by atoms with van der Waals surface area (Å²) in [5.41, 5.74) is 3.20. The number of carbonyl (C=O) groups excluding carboxylic acids is 2. The molecule has 2 aromatic carbocycles. The van der Waals surface area contributed by atoms with Crippen molar-refractivity contribution in [2.24, 2.45) is 0 Å². The summed E-state index contributed by atoms with van der Waals surface area (Å²) in [4.78, 5) is 29.7. The number of nitrogens with zero attached hydrogens (tertiary/aromatic N) is 1. The summed E-state index contributed by atoms with van der Waals surface area (Å²) in [6.07, 6.45) is 9.59. The fourth-order valence-electron chi connectivity index (χ4n) is 3.74. The fourth-order valence-corrected chi connectivity index (χ4v) is 3.74. The molecule has 5 heteroatoms. The molecule has 5 nitrogen and oxygen atoms in total. The van der Waals surface area contributed by atoms with Gasteiger partial charge < -0.3 is 10.1 Å². The monoisotopic (exact) mass is 418 g/mol. The largest absolute Gasteiger partial charge is 0.465 e. The Balaban J connectivity index is 1.82. The van der Waals surface area contributed by atoms with Gasteiger partial charge in [0.1, 0.15) is 0 Å². The SMILES string of the molecule is CCCCCCCCc1ccc(C(=O)OC)cc1C(=O)Nc1cccc2cccnc12. The van der Waals surface area contributed by atoms with Crippen molar-refractivity contribution >= 4 is 28.5 Å². The van der Waals surface area contributed by atoms with Crippen LogP contribution in [0.2, 0.25) is 0 Å². The minimum absolute atomic E-state index is 0.245. The molecule has 31 heavy (non-hydrogen) atoms. The number of amides is 1. The second kappa shape index (κ2) is 11.3. The zero-order chi connectivity index (χ0) is 22.1. The summed E-state index contributed by atoms with van der Waals surface area (Å²) in [7, 11) is 1.34. The molecule has 1 N–H and O–H groups in total. The predicted octanol–water partition coefficient (Wildman–Crippen LogP) is 6.18. The van der Waals surface area contributed by atoms with Gasteiger partial charge in [0, 0.05) is 17.1 Å².